The number of imide groups is 1. The number of hydrogen-bond acceptors (Lipinski definition) is 7. The average Bonchev–Trinajstić information content (AvgIpc) is 3.20. The second-order valence-corrected chi connectivity index (χ2v) is 11.0. The normalized spacial score (nSPS) is 15.5. The molecule has 12 heteroatoms. The Labute approximate surface area is 230 Å². The van der Waals surface area contributed by atoms with Gasteiger partial charge in [-0.2, -0.15) is 4.31 Å². The molecule has 1 heterocycles. The van der Waals surface area contributed by atoms with Gasteiger partial charge in [0.25, 0.3) is 5.91 Å². The van der Waals surface area contributed by atoms with Crippen molar-refractivity contribution in [3.63, 3.8) is 0 Å². The summed E-state index contributed by atoms with van der Waals surface area (Å²) in [6, 6.07) is 16.4. The second-order valence-electron chi connectivity index (χ2n) is 8.67. The first-order valence-electron chi connectivity index (χ1n) is 11.7. The predicted octanol–water partition coefficient (Wildman–Crippen LogP) is 3.61. The second kappa shape index (κ2) is 11.4. The van der Waals surface area contributed by atoms with Gasteiger partial charge in [0.1, 0.15) is 6.04 Å². The number of nitrogens with zero attached hydrogens (tertiary/aromatic N) is 2. The summed E-state index contributed by atoms with van der Waals surface area (Å²) in [4.78, 5) is 50.5. The van der Waals surface area contributed by atoms with E-state index in [0.717, 1.165) is 9.21 Å². The zero-order valence-electron chi connectivity index (χ0n) is 21.0. The lowest BCUT2D eigenvalue weighted by Crippen LogP contribution is -2.45. The minimum absolute atomic E-state index is 0.134. The highest BCUT2D eigenvalue weighted by Gasteiger charge is 2.47. The molecule has 0 saturated carbocycles. The molecule has 1 fully saturated rings. The number of carbonyl (C=O) groups excluding carboxylic acids is 4. The van der Waals surface area contributed by atoms with Gasteiger partial charge in [-0.25, -0.2) is 18.1 Å². The topological polar surface area (TPSA) is 130 Å². The van der Waals surface area contributed by atoms with Crippen LogP contribution in [0.3, 0.4) is 0 Å². The SMILES string of the molecule is COC(=O)c1ccc(N2C(=O)CC(N(Cc3ccccc3Cl)S(=O)(=O)c3ccc(NC(C)=O)cc3)C2=O)cc1. The van der Waals surface area contributed by atoms with E-state index >= 15 is 0 Å². The summed E-state index contributed by atoms with van der Waals surface area (Å²) >= 11 is 6.32. The van der Waals surface area contributed by atoms with Crippen molar-refractivity contribution in [3.8, 4) is 0 Å². The number of halogens is 1. The van der Waals surface area contributed by atoms with Gasteiger partial charge in [-0.15, -0.1) is 0 Å². The van der Waals surface area contributed by atoms with Crippen molar-refractivity contribution in [1.82, 2.24) is 4.31 Å². The van der Waals surface area contributed by atoms with E-state index < -0.39 is 40.3 Å². The van der Waals surface area contributed by atoms with Crippen LogP contribution >= 0.6 is 11.6 Å². The Hall–Kier alpha value is -4.06. The van der Waals surface area contributed by atoms with E-state index in [2.05, 4.69) is 10.1 Å². The number of esters is 1. The van der Waals surface area contributed by atoms with Crippen LogP contribution in [-0.4, -0.2) is 49.6 Å². The Kier molecular flexibility index (Phi) is 8.14. The van der Waals surface area contributed by atoms with Crippen molar-refractivity contribution in [2.45, 2.75) is 30.8 Å². The van der Waals surface area contributed by atoms with E-state index in [1.165, 1.54) is 62.6 Å². The molecule has 202 valence electrons. The third kappa shape index (κ3) is 5.85. The average molecular weight is 570 g/mol. The van der Waals surface area contributed by atoms with Crippen LogP contribution in [0.5, 0.6) is 0 Å². The van der Waals surface area contributed by atoms with Crippen molar-refractivity contribution in [2.75, 3.05) is 17.3 Å². The van der Waals surface area contributed by atoms with E-state index in [1.54, 1.807) is 24.3 Å². The van der Waals surface area contributed by atoms with Gasteiger partial charge in [0.15, 0.2) is 0 Å². The first kappa shape index (κ1) is 28.0. The number of carbonyl (C=O) groups is 4. The molecule has 0 aliphatic carbocycles. The lowest BCUT2D eigenvalue weighted by Gasteiger charge is -2.27. The molecule has 1 atom stereocenters. The molecule has 1 saturated heterocycles. The van der Waals surface area contributed by atoms with Gasteiger partial charge in [-0.3, -0.25) is 14.4 Å². The third-order valence-electron chi connectivity index (χ3n) is 6.08. The van der Waals surface area contributed by atoms with Gasteiger partial charge in [-0.1, -0.05) is 29.8 Å². The lowest BCUT2D eigenvalue weighted by atomic mass is 10.2. The van der Waals surface area contributed by atoms with Crippen molar-refractivity contribution >= 4 is 56.7 Å². The Balaban J connectivity index is 1.71. The zero-order chi connectivity index (χ0) is 28.3. The van der Waals surface area contributed by atoms with Gasteiger partial charge >= 0.3 is 5.97 Å². The van der Waals surface area contributed by atoms with Crippen LogP contribution in [0.15, 0.2) is 77.7 Å². The van der Waals surface area contributed by atoms with Crippen LogP contribution in [0.25, 0.3) is 0 Å². The lowest BCUT2D eigenvalue weighted by molar-refractivity contribution is -0.122. The van der Waals surface area contributed by atoms with E-state index in [4.69, 9.17) is 11.6 Å². The molecule has 3 amide bonds. The summed E-state index contributed by atoms with van der Waals surface area (Å²) in [6.07, 6.45) is -0.398. The Morgan fingerprint density at radius 3 is 2.26 bits per heavy atom. The van der Waals surface area contributed by atoms with Gasteiger partial charge in [0, 0.05) is 24.2 Å². The summed E-state index contributed by atoms with van der Waals surface area (Å²) in [5, 5.41) is 2.86. The van der Waals surface area contributed by atoms with Gasteiger partial charge in [0.05, 0.1) is 29.7 Å². The molecule has 1 N–H and O–H groups in total. The fourth-order valence-electron chi connectivity index (χ4n) is 4.18. The molecule has 3 aromatic rings. The number of sulfonamides is 1. The molecule has 0 bridgehead atoms. The minimum Gasteiger partial charge on any atom is -0.465 e. The fraction of sp³-hybridized carbons (Fsp3) is 0.185. The molecule has 4 rings (SSSR count). The highest BCUT2D eigenvalue weighted by atomic mass is 35.5. The largest absolute Gasteiger partial charge is 0.465 e. The van der Waals surface area contributed by atoms with Crippen molar-refractivity contribution in [2.24, 2.45) is 0 Å². The monoisotopic (exact) mass is 569 g/mol. The van der Waals surface area contributed by atoms with Crippen LogP contribution in [0, 0.1) is 0 Å². The fourth-order valence-corrected chi connectivity index (χ4v) is 5.94. The van der Waals surface area contributed by atoms with E-state index in [-0.39, 0.29) is 28.6 Å². The van der Waals surface area contributed by atoms with E-state index in [9.17, 15) is 27.6 Å². The van der Waals surface area contributed by atoms with Crippen molar-refractivity contribution < 1.29 is 32.3 Å². The van der Waals surface area contributed by atoms with Crippen LogP contribution in [-0.2, 0) is 35.7 Å². The highest BCUT2D eigenvalue weighted by molar-refractivity contribution is 7.89. The summed E-state index contributed by atoms with van der Waals surface area (Å²) in [5.41, 5.74) is 1.25. The molecule has 0 aromatic heterocycles. The number of ether oxygens (including phenoxy) is 1. The Morgan fingerprint density at radius 2 is 1.67 bits per heavy atom. The molecule has 1 unspecified atom stereocenters. The maximum absolute atomic E-state index is 13.9. The summed E-state index contributed by atoms with van der Waals surface area (Å²) in [6.45, 7) is 1.06. The number of amides is 3. The molecular weight excluding hydrogens is 546 g/mol. The van der Waals surface area contributed by atoms with Crippen LogP contribution in [0.1, 0.15) is 29.3 Å². The number of hydrogen-bond donors (Lipinski definition) is 1. The summed E-state index contributed by atoms with van der Waals surface area (Å²) in [5.74, 6) is -2.24. The van der Waals surface area contributed by atoms with E-state index in [1.807, 2.05) is 0 Å². The Morgan fingerprint density at radius 1 is 1.03 bits per heavy atom. The smallest absolute Gasteiger partial charge is 0.337 e. The van der Waals surface area contributed by atoms with Crippen LogP contribution < -0.4 is 10.2 Å². The van der Waals surface area contributed by atoms with Gasteiger partial charge < -0.3 is 10.1 Å². The van der Waals surface area contributed by atoms with E-state index in [0.29, 0.717) is 16.3 Å². The first-order valence-corrected chi connectivity index (χ1v) is 13.5. The number of methoxy groups -OCH3 is 1. The molecule has 3 aromatic carbocycles. The van der Waals surface area contributed by atoms with Crippen LogP contribution in [0.2, 0.25) is 5.02 Å². The quantitative estimate of drug-likeness (QED) is 0.324. The number of benzene rings is 3. The molecular formula is C27H24ClN3O7S. The maximum atomic E-state index is 13.9. The zero-order valence-corrected chi connectivity index (χ0v) is 22.5. The van der Waals surface area contributed by atoms with Gasteiger partial charge in [0.2, 0.25) is 21.8 Å². The van der Waals surface area contributed by atoms with Gasteiger partial charge in [-0.05, 0) is 60.2 Å². The Bertz CT molecular complexity index is 1540. The predicted molar refractivity (Wildman–Crippen MR) is 144 cm³/mol. The van der Waals surface area contributed by atoms with Crippen molar-refractivity contribution in [3.05, 3.63) is 88.9 Å². The standard InChI is InChI=1S/C27H24ClN3O7S/c1-17(32)29-20-9-13-22(14-10-20)39(36,37)30(16-19-5-3-4-6-23(19)28)24-15-25(33)31(26(24)34)21-11-7-18(8-12-21)27(35)38-2/h3-14,24H,15-16H2,1-2H3,(H,29,32). The van der Waals surface area contributed by atoms with Crippen molar-refractivity contribution in [1.29, 1.82) is 0 Å². The number of rotatable bonds is 8. The summed E-state index contributed by atoms with van der Waals surface area (Å²) < 4.78 is 33.4. The molecule has 0 spiro atoms. The van der Waals surface area contributed by atoms with Crippen LogP contribution in [0.4, 0.5) is 11.4 Å². The number of nitrogens with one attached hydrogen (secondary N) is 1. The third-order valence-corrected chi connectivity index (χ3v) is 8.32. The first-order chi connectivity index (χ1) is 18.5. The molecule has 1 aliphatic rings. The molecule has 10 nitrogen and oxygen atoms in total. The molecule has 1 aliphatic heterocycles. The molecule has 0 radical (unpaired) electrons. The number of anilines is 2. The summed E-state index contributed by atoms with van der Waals surface area (Å²) in [7, 11) is -3.09. The maximum Gasteiger partial charge on any atom is 0.337 e. The molecule has 39 heavy (non-hydrogen) atoms. The highest BCUT2D eigenvalue weighted by Crippen LogP contribution is 2.32. The minimum atomic E-state index is -4.33.